The lowest BCUT2D eigenvalue weighted by Crippen LogP contribution is -3.00. The largest absolute Gasteiger partial charge is 1.00 e. The van der Waals surface area contributed by atoms with Gasteiger partial charge in [0, 0.05) is 26.4 Å². The van der Waals surface area contributed by atoms with Gasteiger partial charge in [0.15, 0.2) is 6.20 Å². The summed E-state index contributed by atoms with van der Waals surface area (Å²) in [5, 5.41) is 0. The predicted molar refractivity (Wildman–Crippen MR) is 44.4 cm³/mol. The normalized spacial score (nSPS) is 9.85. The molecule has 1 heterocycles. The van der Waals surface area contributed by atoms with Gasteiger partial charge < -0.3 is 21.9 Å². The van der Waals surface area contributed by atoms with Crippen molar-refractivity contribution in [2.24, 2.45) is 7.05 Å². The van der Waals surface area contributed by atoms with Crippen LogP contribution in [0.5, 0.6) is 0 Å². The molecule has 0 N–H and O–H groups in total. The van der Waals surface area contributed by atoms with E-state index in [0.29, 0.717) is 0 Å². The number of hydrogen-bond donors (Lipinski definition) is 0. The van der Waals surface area contributed by atoms with Crippen LogP contribution in [-0.4, -0.2) is 14.2 Å². The van der Waals surface area contributed by atoms with Gasteiger partial charge in [-0.25, -0.2) is 4.57 Å². The van der Waals surface area contributed by atoms with Crippen molar-refractivity contribution in [1.82, 2.24) is 0 Å². The Bertz CT molecular complexity index is 251. The molecule has 0 fully saturated rings. The highest BCUT2D eigenvalue weighted by atomic mass is 35.5. The maximum absolute atomic E-state index is 5.12. The summed E-state index contributed by atoms with van der Waals surface area (Å²) in [6.45, 7) is 0. The Balaban J connectivity index is 0.00000144. The predicted octanol–water partition coefficient (Wildman–Crippen LogP) is -2.19. The number of nitrogens with zero attached hydrogens (tertiary/aromatic N) is 1. The van der Waals surface area contributed by atoms with Gasteiger partial charge in [0.2, 0.25) is 12.0 Å². The fourth-order valence-electron chi connectivity index (χ4n) is 1.12. The van der Waals surface area contributed by atoms with E-state index in [1.807, 2.05) is 36.0 Å². The summed E-state index contributed by atoms with van der Waals surface area (Å²) >= 11 is 0. The zero-order chi connectivity index (χ0) is 8.97. The van der Waals surface area contributed by atoms with Gasteiger partial charge in [0.1, 0.15) is 7.05 Å². The maximum Gasteiger partial charge on any atom is 0.244 e. The average molecular weight is 204 g/mol. The first-order chi connectivity index (χ1) is 5.79. The fraction of sp³-hybridized carbons (Fsp3) is 0.444. The molecule has 4 heteroatoms. The summed E-state index contributed by atoms with van der Waals surface area (Å²) in [7, 11) is 5.21. The van der Waals surface area contributed by atoms with Crippen LogP contribution in [0.15, 0.2) is 24.4 Å². The first kappa shape index (κ1) is 12.4. The molecular formula is C9H14ClNO2. The van der Waals surface area contributed by atoms with Crippen molar-refractivity contribution < 1.29 is 26.4 Å². The molecule has 0 aliphatic heterocycles. The third-order valence-corrected chi connectivity index (χ3v) is 1.76. The first-order valence-corrected chi connectivity index (χ1v) is 3.79. The zero-order valence-electron chi connectivity index (χ0n) is 8.03. The third kappa shape index (κ3) is 2.95. The van der Waals surface area contributed by atoms with Gasteiger partial charge in [0.25, 0.3) is 0 Å². The molecule has 0 aliphatic rings. The molecule has 0 saturated heterocycles. The molecule has 0 spiro atoms. The average Bonchev–Trinajstić information content (AvgIpc) is 2.10. The second kappa shape index (κ2) is 5.91. The van der Waals surface area contributed by atoms with Crippen LogP contribution in [0.25, 0.3) is 0 Å². The van der Waals surface area contributed by atoms with Gasteiger partial charge in [-0.1, -0.05) is 0 Å². The monoisotopic (exact) mass is 203 g/mol. The molecule has 0 radical (unpaired) electrons. The summed E-state index contributed by atoms with van der Waals surface area (Å²) in [5.41, 5.74) is 1.00. The van der Waals surface area contributed by atoms with Crippen LogP contribution < -0.4 is 17.0 Å². The number of rotatable bonds is 3. The Hall–Kier alpha value is -0.640. The van der Waals surface area contributed by atoms with Crippen LogP contribution in [0, 0.1) is 0 Å². The van der Waals surface area contributed by atoms with Crippen molar-refractivity contribution >= 4 is 0 Å². The number of aromatic nitrogens is 1. The molecule has 0 saturated carbocycles. The molecule has 0 bridgehead atoms. The molecule has 0 amide bonds. The summed E-state index contributed by atoms with van der Waals surface area (Å²) in [6, 6.07) is 5.89. The van der Waals surface area contributed by atoms with Crippen LogP contribution in [0.1, 0.15) is 12.0 Å². The van der Waals surface area contributed by atoms with Gasteiger partial charge in [-0.2, -0.15) is 0 Å². The van der Waals surface area contributed by atoms with E-state index in [9.17, 15) is 0 Å². The summed E-state index contributed by atoms with van der Waals surface area (Å²) in [4.78, 5) is 0. The van der Waals surface area contributed by atoms with Crippen LogP contribution in [-0.2, 0) is 16.5 Å². The zero-order valence-corrected chi connectivity index (χ0v) is 8.78. The van der Waals surface area contributed by atoms with Gasteiger partial charge in [-0.05, 0) is 6.07 Å². The lowest BCUT2D eigenvalue weighted by Gasteiger charge is -2.09. The van der Waals surface area contributed by atoms with E-state index in [4.69, 9.17) is 9.47 Å². The summed E-state index contributed by atoms with van der Waals surface area (Å²) in [6.07, 6.45) is 1.68. The van der Waals surface area contributed by atoms with E-state index >= 15 is 0 Å². The van der Waals surface area contributed by atoms with Crippen molar-refractivity contribution in [3.63, 3.8) is 0 Å². The maximum atomic E-state index is 5.12. The van der Waals surface area contributed by atoms with Crippen LogP contribution in [0.2, 0.25) is 0 Å². The second-order valence-electron chi connectivity index (χ2n) is 2.54. The summed E-state index contributed by atoms with van der Waals surface area (Å²) < 4.78 is 12.2. The van der Waals surface area contributed by atoms with E-state index in [0.717, 1.165) is 5.69 Å². The van der Waals surface area contributed by atoms with Crippen LogP contribution >= 0.6 is 0 Å². The number of halogens is 1. The number of aryl methyl sites for hydroxylation is 1. The minimum atomic E-state index is -0.281. The van der Waals surface area contributed by atoms with E-state index in [2.05, 4.69) is 0 Å². The highest BCUT2D eigenvalue weighted by Gasteiger charge is 2.17. The fourth-order valence-corrected chi connectivity index (χ4v) is 1.12. The van der Waals surface area contributed by atoms with Crippen molar-refractivity contribution in [3.8, 4) is 0 Å². The molecule has 13 heavy (non-hydrogen) atoms. The molecular weight excluding hydrogens is 190 g/mol. The third-order valence-electron chi connectivity index (χ3n) is 1.76. The molecule has 0 atom stereocenters. The van der Waals surface area contributed by atoms with Crippen molar-refractivity contribution in [2.45, 2.75) is 6.29 Å². The Morgan fingerprint density at radius 1 is 1.23 bits per heavy atom. The molecule has 0 aromatic carbocycles. The molecule has 0 aliphatic carbocycles. The van der Waals surface area contributed by atoms with Gasteiger partial charge in [-0.15, -0.1) is 0 Å². The van der Waals surface area contributed by atoms with E-state index in [1.165, 1.54) is 0 Å². The Morgan fingerprint density at radius 2 is 1.85 bits per heavy atom. The molecule has 3 nitrogen and oxygen atoms in total. The van der Waals surface area contributed by atoms with E-state index in [-0.39, 0.29) is 18.7 Å². The van der Waals surface area contributed by atoms with Gasteiger partial charge >= 0.3 is 0 Å². The topological polar surface area (TPSA) is 22.3 Å². The van der Waals surface area contributed by atoms with Crippen LogP contribution in [0.4, 0.5) is 0 Å². The van der Waals surface area contributed by atoms with Crippen molar-refractivity contribution in [1.29, 1.82) is 0 Å². The Kier molecular flexibility index (Phi) is 5.62. The molecule has 74 valence electrons. The smallest absolute Gasteiger partial charge is 0.244 e. The molecule has 0 unspecified atom stereocenters. The molecule has 1 aromatic heterocycles. The van der Waals surface area contributed by atoms with Gasteiger partial charge in [0.05, 0.1) is 0 Å². The number of methoxy groups -OCH3 is 2. The van der Waals surface area contributed by atoms with Crippen LogP contribution in [0.3, 0.4) is 0 Å². The summed E-state index contributed by atoms with van der Waals surface area (Å²) in [5.74, 6) is 0. The molecule has 1 rings (SSSR count). The second-order valence-corrected chi connectivity index (χ2v) is 2.54. The van der Waals surface area contributed by atoms with Crippen molar-refractivity contribution in [2.75, 3.05) is 14.2 Å². The number of ether oxygens (including phenoxy) is 2. The minimum Gasteiger partial charge on any atom is -1.00 e. The van der Waals surface area contributed by atoms with E-state index in [1.54, 1.807) is 14.2 Å². The lowest BCUT2D eigenvalue weighted by molar-refractivity contribution is -0.686. The number of pyridine rings is 1. The lowest BCUT2D eigenvalue weighted by atomic mass is 10.3. The number of hydrogen-bond acceptors (Lipinski definition) is 2. The highest BCUT2D eigenvalue weighted by Crippen LogP contribution is 2.11. The van der Waals surface area contributed by atoms with Gasteiger partial charge in [-0.3, -0.25) is 0 Å². The highest BCUT2D eigenvalue weighted by molar-refractivity contribution is 4.98. The minimum absolute atomic E-state index is 0. The standard InChI is InChI=1S/C9H14NO2.ClH/c1-10-7-5-4-6-8(10)9(11-2)12-3;/h4-7,9H,1-3H3;1H/q+1;/p-1. The SMILES string of the molecule is COC(OC)c1cccc[n+]1C.[Cl-]. The quantitative estimate of drug-likeness (QED) is 0.411. The first-order valence-electron chi connectivity index (χ1n) is 3.79. The van der Waals surface area contributed by atoms with E-state index < -0.39 is 0 Å². The Labute approximate surface area is 84.7 Å². The molecule has 1 aromatic rings. The Morgan fingerprint density at radius 3 is 2.31 bits per heavy atom. The van der Waals surface area contributed by atoms with Crippen molar-refractivity contribution in [3.05, 3.63) is 30.1 Å².